The number of fused-ring (bicyclic) bond motifs is 1. The summed E-state index contributed by atoms with van der Waals surface area (Å²) in [4.78, 5) is 24.7. The van der Waals surface area contributed by atoms with E-state index < -0.39 is 23.6 Å². The van der Waals surface area contributed by atoms with Crippen molar-refractivity contribution in [1.82, 2.24) is 10.6 Å². The van der Waals surface area contributed by atoms with Crippen LogP contribution >= 0.6 is 0 Å². The van der Waals surface area contributed by atoms with Gasteiger partial charge in [-0.05, 0) is 25.5 Å². The van der Waals surface area contributed by atoms with Gasteiger partial charge >= 0.3 is 0 Å². The number of Topliss-reactive ketones (excluding diaryl/α,β-unsaturated/α-hetero) is 1. The summed E-state index contributed by atoms with van der Waals surface area (Å²) in [7, 11) is 1.34. The van der Waals surface area contributed by atoms with Crippen molar-refractivity contribution < 1.29 is 28.2 Å². The van der Waals surface area contributed by atoms with Gasteiger partial charge in [-0.2, -0.15) is 0 Å². The van der Waals surface area contributed by atoms with Crippen LogP contribution in [0.3, 0.4) is 0 Å². The van der Waals surface area contributed by atoms with E-state index in [1.165, 1.54) is 7.11 Å². The van der Waals surface area contributed by atoms with Gasteiger partial charge in [0, 0.05) is 18.2 Å². The molecule has 2 atom stereocenters. The van der Waals surface area contributed by atoms with Crippen LogP contribution in [0.1, 0.15) is 46.8 Å². The van der Waals surface area contributed by atoms with Crippen LogP contribution in [0.25, 0.3) is 0 Å². The number of carbonyl (C=O) groups excluding carboxylic acids is 2. The summed E-state index contributed by atoms with van der Waals surface area (Å²) in [5, 5.41) is 18.8. The third-order valence-corrected chi connectivity index (χ3v) is 5.35. The average Bonchev–Trinajstić information content (AvgIpc) is 3.34. The molecule has 0 radical (unpaired) electrons. The zero-order valence-corrected chi connectivity index (χ0v) is 16.8. The largest absolute Gasteiger partial charge is 0.494 e. The van der Waals surface area contributed by atoms with E-state index in [0.717, 1.165) is 11.8 Å². The van der Waals surface area contributed by atoms with Crippen molar-refractivity contribution in [3.8, 4) is 5.75 Å². The van der Waals surface area contributed by atoms with Gasteiger partial charge in [-0.25, -0.2) is 4.39 Å². The van der Waals surface area contributed by atoms with Gasteiger partial charge in [0.25, 0.3) is 5.91 Å². The molecular formula is C21H22FN3O5. The lowest BCUT2D eigenvalue weighted by Gasteiger charge is -2.32. The Balaban J connectivity index is 1.71. The molecular weight excluding hydrogens is 393 g/mol. The van der Waals surface area contributed by atoms with Gasteiger partial charge in [-0.15, -0.1) is 0 Å². The maximum atomic E-state index is 14.3. The molecule has 0 saturated heterocycles. The number of anilines is 1. The normalized spacial score (nSPS) is 18.6. The first kappa shape index (κ1) is 20.0. The lowest BCUT2D eigenvalue weighted by atomic mass is 9.93. The molecule has 4 N–H and O–H groups in total. The fraction of sp³-hybridized carbons (Fsp3) is 0.333. The molecule has 30 heavy (non-hydrogen) atoms. The van der Waals surface area contributed by atoms with E-state index in [0.29, 0.717) is 12.2 Å². The molecule has 4 rings (SSSR count). The molecule has 0 fully saturated rings. The topological polar surface area (TPSA) is 113 Å². The Kier molecular flexibility index (Phi) is 4.98. The Hall–Kier alpha value is -3.33. The van der Waals surface area contributed by atoms with Crippen LogP contribution in [0.15, 0.2) is 34.0 Å². The number of benzene rings is 1. The highest BCUT2D eigenvalue weighted by atomic mass is 19.1. The number of carbonyl (C=O) groups is 2. The molecule has 1 aliphatic heterocycles. The van der Waals surface area contributed by atoms with E-state index in [1.807, 2.05) is 26.0 Å². The van der Waals surface area contributed by atoms with Gasteiger partial charge in [0.15, 0.2) is 6.10 Å². The summed E-state index contributed by atoms with van der Waals surface area (Å²) in [5.41, 5.74) is 0.834. The molecule has 0 bridgehead atoms. The molecule has 1 aromatic carbocycles. The van der Waals surface area contributed by atoms with E-state index in [9.17, 15) is 19.1 Å². The lowest BCUT2D eigenvalue weighted by molar-refractivity contribution is -0.124. The number of amides is 1. The third-order valence-electron chi connectivity index (χ3n) is 5.35. The smallest absolute Gasteiger partial charge is 0.254 e. The van der Waals surface area contributed by atoms with E-state index in [4.69, 9.17) is 9.15 Å². The van der Waals surface area contributed by atoms with Crippen molar-refractivity contribution in [1.29, 1.82) is 0 Å². The van der Waals surface area contributed by atoms with Crippen molar-refractivity contribution in [3.05, 3.63) is 58.1 Å². The standard InChI is InChI=1S/C21H22FN3O5/c1-4-12(13-6-5-9(2)30-13)24-17-18(20(27)19(17)26)25-16-14(29-3)7-11(22)10-8-23-21(28)15(10)16/h5-7,12,19,24-26H,4,8H2,1-3H3,(H,23,28)/t12-,19?/m1/s1. The predicted molar refractivity (Wildman–Crippen MR) is 105 cm³/mol. The Morgan fingerprint density at radius 3 is 2.80 bits per heavy atom. The molecule has 9 heteroatoms. The van der Waals surface area contributed by atoms with Crippen LogP contribution in [-0.4, -0.2) is 30.0 Å². The second-order valence-corrected chi connectivity index (χ2v) is 7.21. The highest BCUT2D eigenvalue weighted by Crippen LogP contribution is 2.39. The molecule has 2 aromatic rings. The number of aliphatic hydroxyl groups is 1. The number of halogens is 1. The predicted octanol–water partition coefficient (Wildman–Crippen LogP) is 2.29. The average molecular weight is 415 g/mol. The van der Waals surface area contributed by atoms with Crippen LogP contribution in [0, 0.1) is 12.7 Å². The first-order valence-corrected chi connectivity index (χ1v) is 9.59. The molecule has 1 amide bonds. The fourth-order valence-corrected chi connectivity index (χ4v) is 3.70. The first-order chi connectivity index (χ1) is 14.3. The highest BCUT2D eigenvalue weighted by Gasteiger charge is 2.41. The molecule has 1 unspecified atom stereocenters. The molecule has 0 spiro atoms. The van der Waals surface area contributed by atoms with Crippen molar-refractivity contribution in [3.63, 3.8) is 0 Å². The van der Waals surface area contributed by atoms with Crippen LogP contribution in [0.4, 0.5) is 10.1 Å². The number of nitrogens with one attached hydrogen (secondary N) is 3. The quantitative estimate of drug-likeness (QED) is 0.549. The summed E-state index contributed by atoms with van der Waals surface area (Å²) in [6.07, 6.45) is -0.687. The van der Waals surface area contributed by atoms with E-state index in [-0.39, 0.29) is 46.5 Å². The first-order valence-electron chi connectivity index (χ1n) is 9.59. The zero-order valence-electron chi connectivity index (χ0n) is 16.8. The van der Waals surface area contributed by atoms with Gasteiger partial charge in [0.2, 0.25) is 5.78 Å². The molecule has 1 aliphatic carbocycles. The number of hydrogen-bond donors (Lipinski definition) is 4. The van der Waals surface area contributed by atoms with E-state index >= 15 is 0 Å². The van der Waals surface area contributed by atoms with Crippen molar-refractivity contribution in [2.45, 2.75) is 39.0 Å². The maximum absolute atomic E-state index is 14.3. The summed E-state index contributed by atoms with van der Waals surface area (Å²) >= 11 is 0. The Labute approximate surface area is 172 Å². The number of aryl methyl sites for hydroxylation is 1. The number of ether oxygens (including phenoxy) is 1. The molecule has 2 heterocycles. The third kappa shape index (κ3) is 3.11. The lowest BCUT2D eigenvalue weighted by Crippen LogP contribution is -2.46. The minimum Gasteiger partial charge on any atom is -0.494 e. The number of furan rings is 1. The SMILES string of the molecule is CC[C@@H](NC1=C(Nc2c(OC)cc(F)c3c2C(=O)NC3)C(=O)C1O)c1ccc(C)o1. The molecule has 8 nitrogen and oxygen atoms in total. The van der Waals surface area contributed by atoms with Crippen molar-refractivity contribution in [2.75, 3.05) is 12.4 Å². The molecule has 2 aliphatic rings. The van der Waals surface area contributed by atoms with Crippen LogP contribution in [0.2, 0.25) is 0 Å². The summed E-state index contributed by atoms with van der Waals surface area (Å²) in [6, 6.07) is 4.56. The van der Waals surface area contributed by atoms with Gasteiger partial charge in [-0.3, -0.25) is 9.59 Å². The summed E-state index contributed by atoms with van der Waals surface area (Å²) in [6.45, 7) is 3.82. The fourth-order valence-electron chi connectivity index (χ4n) is 3.70. The Bertz CT molecular complexity index is 1070. The summed E-state index contributed by atoms with van der Waals surface area (Å²) < 4.78 is 25.2. The summed E-state index contributed by atoms with van der Waals surface area (Å²) in [5.74, 6) is -0.0736. The van der Waals surface area contributed by atoms with Gasteiger partial charge in [-0.1, -0.05) is 6.92 Å². The molecule has 0 saturated carbocycles. The van der Waals surface area contributed by atoms with Gasteiger partial charge in [0.05, 0.1) is 30.1 Å². The van der Waals surface area contributed by atoms with E-state index in [2.05, 4.69) is 16.0 Å². The second kappa shape index (κ2) is 7.49. The Morgan fingerprint density at radius 1 is 1.40 bits per heavy atom. The van der Waals surface area contributed by atoms with Crippen LogP contribution in [0.5, 0.6) is 5.75 Å². The number of rotatable bonds is 7. The van der Waals surface area contributed by atoms with Gasteiger partial charge in [0.1, 0.15) is 28.8 Å². The monoisotopic (exact) mass is 415 g/mol. The maximum Gasteiger partial charge on any atom is 0.254 e. The van der Waals surface area contributed by atoms with Crippen LogP contribution < -0.4 is 20.7 Å². The van der Waals surface area contributed by atoms with Crippen molar-refractivity contribution >= 4 is 17.4 Å². The minimum absolute atomic E-state index is 0.0507. The Morgan fingerprint density at radius 2 is 2.17 bits per heavy atom. The molecule has 158 valence electrons. The number of hydrogen-bond acceptors (Lipinski definition) is 7. The van der Waals surface area contributed by atoms with E-state index in [1.54, 1.807) is 0 Å². The van der Waals surface area contributed by atoms with Crippen LogP contribution in [-0.2, 0) is 11.3 Å². The second-order valence-electron chi connectivity index (χ2n) is 7.21. The molecule has 1 aromatic heterocycles. The zero-order chi connectivity index (χ0) is 21.6. The number of methoxy groups -OCH3 is 1. The number of aliphatic hydroxyl groups excluding tert-OH is 1. The minimum atomic E-state index is -1.33. The number of ketones is 1. The highest BCUT2D eigenvalue weighted by molar-refractivity contribution is 6.12. The van der Waals surface area contributed by atoms with Gasteiger partial charge < -0.3 is 30.2 Å². The van der Waals surface area contributed by atoms with Crippen molar-refractivity contribution in [2.24, 2.45) is 0 Å².